The fourth-order valence-electron chi connectivity index (χ4n) is 2.45. The summed E-state index contributed by atoms with van der Waals surface area (Å²) in [7, 11) is 7.80. The zero-order valence-electron chi connectivity index (χ0n) is 15.4. The Balaban J connectivity index is 3.18. The smallest absolute Gasteiger partial charge is 0.0952 e. The molecule has 0 aromatic heterocycles. The second-order valence-electron chi connectivity index (χ2n) is 6.72. The van der Waals surface area contributed by atoms with Crippen LogP contribution in [0.2, 0.25) is 0 Å². The van der Waals surface area contributed by atoms with Crippen molar-refractivity contribution in [2.45, 2.75) is 77.0 Å². The van der Waals surface area contributed by atoms with Crippen LogP contribution < -0.4 is 0 Å². The fourth-order valence-corrected chi connectivity index (χ4v) is 2.45. The monoisotopic (exact) mass is 310 g/mol. The lowest BCUT2D eigenvalue weighted by Gasteiger charge is -2.13. The third kappa shape index (κ3) is 12.7. The topological polar surface area (TPSA) is 54.2 Å². The van der Waals surface area contributed by atoms with Crippen LogP contribution in [0.5, 0.6) is 0 Å². The molecule has 0 aliphatic rings. The van der Waals surface area contributed by atoms with Crippen LogP contribution in [0.1, 0.15) is 77.0 Å². The molecule has 0 bridgehead atoms. The molecule has 0 rings (SSSR count). The van der Waals surface area contributed by atoms with Gasteiger partial charge in [-0.1, -0.05) is 51.4 Å². The molecule has 0 saturated carbocycles. The third-order valence-corrected chi connectivity index (χ3v) is 4.16. The van der Waals surface area contributed by atoms with Crippen LogP contribution in [0.3, 0.4) is 0 Å². The first-order valence-electron chi connectivity index (χ1n) is 8.94. The van der Waals surface area contributed by atoms with E-state index in [0.717, 1.165) is 37.4 Å². The Morgan fingerprint density at radius 3 is 0.955 bits per heavy atom. The van der Waals surface area contributed by atoms with Crippen LogP contribution in [0.4, 0.5) is 0 Å². The normalized spacial score (nSPS) is 10.5. The van der Waals surface area contributed by atoms with E-state index in [-0.39, 0.29) is 0 Å². The first kappa shape index (κ1) is 20.9. The van der Waals surface area contributed by atoms with E-state index in [0.29, 0.717) is 0 Å². The Labute approximate surface area is 138 Å². The van der Waals surface area contributed by atoms with Gasteiger partial charge in [0, 0.05) is 41.0 Å². The molecule has 0 spiro atoms. The lowest BCUT2D eigenvalue weighted by atomic mass is 10.0. The van der Waals surface area contributed by atoms with Crippen LogP contribution in [0.25, 0.3) is 0 Å². The third-order valence-electron chi connectivity index (χ3n) is 4.16. The van der Waals surface area contributed by atoms with Gasteiger partial charge in [0.25, 0.3) is 0 Å². The molecule has 0 heterocycles. The molecule has 4 heteroatoms. The number of amidine groups is 2. The molecule has 0 fully saturated rings. The van der Waals surface area contributed by atoms with Crippen LogP contribution in [0, 0.1) is 10.8 Å². The van der Waals surface area contributed by atoms with Crippen LogP contribution >= 0.6 is 0 Å². The maximum absolute atomic E-state index is 7.73. The maximum Gasteiger partial charge on any atom is 0.0952 e. The maximum atomic E-state index is 7.73. The van der Waals surface area contributed by atoms with Crippen molar-refractivity contribution < 1.29 is 0 Å². The predicted octanol–water partition coefficient (Wildman–Crippen LogP) is 4.75. The number of nitrogens with one attached hydrogen (secondary N) is 2. The molecule has 0 atom stereocenters. The number of hydrogen-bond donors (Lipinski definition) is 2. The van der Waals surface area contributed by atoms with Crippen LogP contribution in [-0.2, 0) is 0 Å². The molecule has 0 radical (unpaired) electrons. The van der Waals surface area contributed by atoms with Crippen LogP contribution in [0.15, 0.2) is 0 Å². The van der Waals surface area contributed by atoms with E-state index in [9.17, 15) is 0 Å². The molecule has 0 unspecified atom stereocenters. The second kappa shape index (κ2) is 13.6. The SMILES string of the molecule is CN(C)C(=N)CCCCCCCCCCCCC(=N)N(C)C. The van der Waals surface area contributed by atoms with Crippen molar-refractivity contribution in [3.8, 4) is 0 Å². The Kier molecular flexibility index (Phi) is 12.9. The number of nitrogens with zero attached hydrogens (tertiary/aromatic N) is 2. The van der Waals surface area contributed by atoms with Gasteiger partial charge in [0.2, 0.25) is 0 Å². The van der Waals surface area contributed by atoms with Gasteiger partial charge in [0.05, 0.1) is 11.7 Å². The lowest BCUT2D eigenvalue weighted by molar-refractivity contribution is 0.540. The first-order valence-corrected chi connectivity index (χ1v) is 8.94. The van der Waals surface area contributed by atoms with Gasteiger partial charge in [-0.3, -0.25) is 10.8 Å². The summed E-state index contributed by atoms with van der Waals surface area (Å²) in [5, 5.41) is 15.5. The largest absolute Gasteiger partial charge is 0.367 e. The van der Waals surface area contributed by atoms with E-state index in [1.807, 2.05) is 38.0 Å². The summed E-state index contributed by atoms with van der Waals surface area (Å²) in [6.45, 7) is 0. The van der Waals surface area contributed by atoms with Gasteiger partial charge in [-0.15, -0.1) is 0 Å². The summed E-state index contributed by atoms with van der Waals surface area (Å²) < 4.78 is 0. The molecule has 22 heavy (non-hydrogen) atoms. The summed E-state index contributed by atoms with van der Waals surface area (Å²) in [5.74, 6) is 1.50. The average Bonchev–Trinajstić information content (AvgIpc) is 2.47. The number of unbranched alkanes of at least 4 members (excludes halogenated alkanes) is 9. The number of rotatable bonds is 13. The van der Waals surface area contributed by atoms with Crippen molar-refractivity contribution in [3.05, 3.63) is 0 Å². The van der Waals surface area contributed by atoms with Crippen LogP contribution in [-0.4, -0.2) is 49.7 Å². The second-order valence-corrected chi connectivity index (χ2v) is 6.72. The van der Waals surface area contributed by atoms with Gasteiger partial charge in [0.1, 0.15) is 0 Å². The van der Waals surface area contributed by atoms with Crippen molar-refractivity contribution in [1.82, 2.24) is 9.80 Å². The molecule has 0 aromatic rings. The molecule has 4 nitrogen and oxygen atoms in total. The minimum atomic E-state index is 0.752. The molecule has 0 aliphatic heterocycles. The quantitative estimate of drug-likeness (QED) is 0.293. The Bertz CT molecular complexity index is 267. The molecular formula is C18H38N4. The molecule has 0 amide bonds. The molecule has 2 N–H and O–H groups in total. The summed E-state index contributed by atoms with van der Waals surface area (Å²) in [4.78, 5) is 3.81. The zero-order chi connectivity index (χ0) is 16.8. The molecule has 0 aromatic carbocycles. The van der Waals surface area contributed by atoms with Crippen molar-refractivity contribution in [1.29, 1.82) is 10.8 Å². The van der Waals surface area contributed by atoms with E-state index in [1.165, 1.54) is 51.4 Å². The van der Waals surface area contributed by atoms with Crippen molar-refractivity contribution >= 4 is 11.7 Å². The summed E-state index contributed by atoms with van der Waals surface area (Å²) in [6.07, 6.45) is 14.8. The summed E-state index contributed by atoms with van der Waals surface area (Å²) in [6, 6.07) is 0. The van der Waals surface area contributed by atoms with E-state index in [4.69, 9.17) is 10.8 Å². The molecule has 0 aliphatic carbocycles. The van der Waals surface area contributed by atoms with Crippen molar-refractivity contribution in [3.63, 3.8) is 0 Å². The lowest BCUT2D eigenvalue weighted by Crippen LogP contribution is -2.20. The average molecular weight is 311 g/mol. The predicted molar refractivity (Wildman–Crippen MR) is 98.2 cm³/mol. The Hall–Kier alpha value is -1.06. The molecule has 130 valence electrons. The van der Waals surface area contributed by atoms with E-state index < -0.39 is 0 Å². The zero-order valence-corrected chi connectivity index (χ0v) is 15.4. The van der Waals surface area contributed by atoms with E-state index in [1.54, 1.807) is 0 Å². The van der Waals surface area contributed by atoms with Gasteiger partial charge in [-0.05, 0) is 12.8 Å². The minimum absolute atomic E-state index is 0.752. The summed E-state index contributed by atoms with van der Waals surface area (Å²) in [5.41, 5.74) is 0. The highest BCUT2D eigenvalue weighted by Gasteiger charge is 2.00. The van der Waals surface area contributed by atoms with E-state index in [2.05, 4.69) is 0 Å². The van der Waals surface area contributed by atoms with Gasteiger partial charge >= 0.3 is 0 Å². The van der Waals surface area contributed by atoms with Gasteiger partial charge < -0.3 is 9.80 Å². The van der Waals surface area contributed by atoms with E-state index >= 15 is 0 Å². The number of hydrogen-bond acceptors (Lipinski definition) is 2. The first-order chi connectivity index (χ1) is 10.4. The molecular weight excluding hydrogens is 272 g/mol. The highest BCUT2D eigenvalue weighted by atomic mass is 15.1. The molecule has 0 saturated heterocycles. The van der Waals surface area contributed by atoms with Gasteiger partial charge in [-0.25, -0.2) is 0 Å². The standard InChI is InChI=1S/C18H38N4/c1-21(2)17(19)15-13-11-9-7-5-6-8-10-12-14-16-18(20)22(3)4/h19-20H,5-16H2,1-4H3. The fraction of sp³-hybridized carbons (Fsp3) is 0.889. The Morgan fingerprint density at radius 1 is 0.500 bits per heavy atom. The highest BCUT2D eigenvalue weighted by molar-refractivity contribution is 5.78. The van der Waals surface area contributed by atoms with Crippen molar-refractivity contribution in [2.24, 2.45) is 0 Å². The van der Waals surface area contributed by atoms with Gasteiger partial charge in [-0.2, -0.15) is 0 Å². The van der Waals surface area contributed by atoms with Gasteiger partial charge in [0.15, 0.2) is 0 Å². The Morgan fingerprint density at radius 2 is 0.727 bits per heavy atom. The van der Waals surface area contributed by atoms with Crippen molar-refractivity contribution in [2.75, 3.05) is 28.2 Å². The summed E-state index contributed by atoms with van der Waals surface area (Å²) >= 11 is 0. The highest BCUT2D eigenvalue weighted by Crippen LogP contribution is 2.12. The minimum Gasteiger partial charge on any atom is -0.367 e.